The number of rotatable bonds is 6. The summed E-state index contributed by atoms with van der Waals surface area (Å²) < 4.78 is 3.93. The molecule has 11 heteroatoms. The topological polar surface area (TPSA) is 110 Å². The van der Waals surface area contributed by atoms with Gasteiger partial charge in [0.1, 0.15) is 11.4 Å². The highest BCUT2D eigenvalue weighted by atomic mass is 35.5. The van der Waals surface area contributed by atoms with Crippen molar-refractivity contribution >= 4 is 28.8 Å². The summed E-state index contributed by atoms with van der Waals surface area (Å²) >= 11 is 7.13. The van der Waals surface area contributed by atoms with Gasteiger partial charge in [-0.3, -0.25) is 14.2 Å². The van der Waals surface area contributed by atoms with Crippen LogP contribution in [0.3, 0.4) is 0 Å². The number of hydrogen-bond acceptors (Lipinski definition) is 6. The van der Waals surface area contributed by atoms with E-state index in [1.54, 1.807) is 53.8 Å². The number of carbonyl (C=O) groups is 1. The van der Waals surface area contributed by atoms with Gasteiger partial charge in [-0.15, -0.1) is 11.3 Å². The van der Waals surface area contributed by atoms with Crippen molar-refractivity contribution in [1.29, 1.82) is 0 Å². The molecule has 0 unspecified atom stereocenters. The molecular formula is C22H16ClN7O2S. The number of H-pyrrole nitrogens is 1. The zero-order valence-corrected chi connectivity index (χ0v) is 18.5. The summed E-state index contributed by atoms with van der Waals surface area (Å²) in [5, 5.41) is 14.0. The van der Waals surface area contributed by atoms with E-state index in [0.717, 1.165) is 11.3 Å². The van der Waals surface area contributed by atoms with Gasteiger partial charge in [0.25, 0.3) is 11.5 Å². The fraction of sp³-hybridized carbons (Fsp3) is 0.0455. The normalized spacial score (nSPS) is 10.9. The van der Waals surface area contributed by atoms with E-state index in [4.69, 9.17) is 11.6 Å². The van der Waals surface area contributed by atoms with Crippen molar-refractivity contribution in [1.82, 2.24) is 34.8 Å². The maximum atomic E-state index is 12.4. The van der Waals surface area contributed by atoms with Crippen LogP contribution < -0.4 is 10.9 Å². The smallest absolute Gasteiger partial charge is 0.261 e. The van der Waals surface area contributed by atoms with Crippen LogP contribution in [0.2, 0.25) is 4.34 Å². The molecule has 0 spiro atoms. The first-order valence-electron chi connectivity index (χ1n) is 9.84. The van der Waals surface area contributed by atoms with E-state index in [0.29, 0.717) is 26.3 Å². The second-order valence-corrected chi connectivity index (χ2v) is 8.70. The molecule has 1 aromatic carbocycles. The molecule has 164 valence electrons. The minimum absolute atomic E-state index is 0.139. The van der Waals surface area contributed by atoms with Gasteiger partial charge in [0.05, 0.1) is 33.5 Å². The second-order valence-electron chi connectivity index (χ2n) is 6.99. The van der Waals surface area contributed by atoms with Crippen molar-refractivity contribution in [2.24, 2.45) is 0 Å². The summed E-state index contributed by atoms with van der Waals surface area (Å²) in [6.07, 6.45) is 6.85. The first-order chi connectivity index (χ1) is 16.1. The van der Waals surface area contributed by atoms with Crippen molar-refractivity contribution in [2.45, 2.75) is 6.54 Å². The Hall–Kier alpha value is -4.02. The lowest BCUT2D eigenvalue weighted by Gasteiger charge is -2.13. The van der Waals surface area contributed by atoms with Gasteiger partial charge in [-0.1, -0.05) is 17.7 Å². The monoisotopic (exact) mass is 477 g/mol. The number of imidazole rings is 1. The third-order valence-electron chi connectivity index (χ3n) is 4.95. The number of nitrogens with zero attached hydrogens (tertiary/aromatic N) is 5. The zero-order valence-electron chi connectivity index (χ0n) is 17.0. The van der Waals surface area contributed by atoms with Crippen LogP contribution in [0, 0.1) is 0 Å². The summed E-state index contributed by atoms with van der Waals surface area (Å²) in [5.41, 5.74) is 3.22. The molecule has 0 fully saturated rings. The Morgan fingerprint density at radius 2 is 2.03 bits per heavy atom. The standard InChI is InChI=1S/C22H16ClN7O2S/c23-19-7-6-18(33-19)22(32)25-12-16-21(27-28-26-16)15-5-4-14(30-9-2-1-3-20(30)31)11-17(15)29-10-8-24-13-29/h1-11,13H,12H2,(H,25,32)(H,26,27,28). The van der Waals surface area contributed by atoms with Crippen molar-refractivity contribution in [3.63, 3.8) is 0 Å². The van der Waals surface area contributed by atoms with Crippen LogP contribution in [0.1, 0.15) is 15.4 Å². The number of halogens is 1. The SMILES string of the molecule is O=C(NCc1n[nH]nc1-c1ccc(-n2ccccc2=O)cc1-n1ccnc1)c1ccc(Cl)s1. The average Bonchev–Trinajstić information content (AvgIpc) is 3.59. The van der Waals surface area contributed by atoms with Crippen molar-refractivity contribution in [2.75, 3.05) is 0 Å². The number of aromatic nitrogens is 6. The number of pyridine rings is 1. The zero-order chi connectivity index (χ0) is 22.8. The first-order valence-corrected chi connectivity index (χ1v) is 11.0. The highest BCUT2D eigenvalue weighted by Crippen LogP contribution is 2.29. The third kappa shape index (κ3) is 4.21. The molecule has 1 amide bonds. The third-order valence-corrected chi connectivity index (χ3v) is 6.18. The number of nitrogens with one attached hydrogen (secondary N) is 2. The lowest BCUT2D eigenvalue weighted by molar-refractivity contribution is 0.0954. The highest BCUT2D eigenvalue weighted by Gasteiger charge is 2.18. The molecule has 5 rings (SSSR count). The predicted molar refractivity (Wildman–Crippen MR) is 125 cm³/mol. The molecule has 4 heterocycles. The lowest BCUT2D eigenvalue weighted by atomic mass is 10.1. The fourth-order valence-corrected chi connectivity index (χ4v) is 4.36. The Morgan fingerprint density at radius 1 is 1.12 bits per heavy atom. The molecule has 5 aromatic rings. The number of carbonyl (C=O) groups excluding carboxylic acids is 1. The van der Waals surface area contributed by atoms with E-state index >= 15 is 0 Å². The van der Waals surface area contributed by atoms with Gasteiger partial charge in [-0.25, -0.2) is 4.98 Å². The van der Waals surface area contributed by atoms with Crippen LogP contribution in [0.25, 0.3) is 22.6 Å². The average molecular weight is 478 g/mol. The van der Waals surface area contributed by atoms with Crippen LogP contribution in [-0.4, -0.2) is 35.4 Å². The molecule has 0 saturated carbocycles. The van der Waals surface area contributed by atoms with E-state index in [1.807, 2.05) is 22.8 Å². The maximum absolute atomic E-state index is 12.4. The van der Waals surface area contributed by atoms with Gasteiger partial charge in [-0.05, 0) is 36.4 Å². The van der Waals surface area contributed by atoms with Crippen molar-refractivity contribution in [3.8, 4) is 22.6 Å². The molecule has 0 bridgehead atoms. The number of amides is 1. The van der Waals surface area contributed by atoms with Gasteiger partial charge in [0.15, 0.2) is 0 Å². The van der Waals surface area contributed by atoms with Crippen LogP contribution in [-0.2, 0) is 6.54 Å². The van der Waals surface area contributed by atoms with E-state index in [9.17, 15) is 9.59 Å². The number of aromatic amines is 1. The molecule has 0 atom stereocenters. The molecule has 0 aliphatic carbocycles. The molecule has 0 aliphatic heterocycles. The van der Waals surface area contributed by atoms with Crippen LogP contribution in [0.5, 0.6) is 0 Å². The molecular weight excluding hydrogens is 462 g/mol. The Labute approximate surface area is 196 Å². The quantitative estimate of drug-likeness (QED) is 0.389. The van der Waals surface area contributed by atoms with Crippen LogP contribution >= 0.6 is 22.9 Å². The minimum atomic E-state index is -0.241. The van der Waals surface area contributed by atoms with E-state index < -0.39 is 0 Å². The van der Waals surface area contributed by atoms with Crippen LogP contribution in [0.4, 0.5) is 0 Å². The number of hydrogen-bond donors (Lipinski definition) is 2. The molecule has 33 heavy (non-hydrogen) atoms. The molecule has 0 radical (unpaired) electrons. The van der Waals surface area contributed by atoms with E-state index in [2.05, 4.69) is 25.7 Å². The number of thiophene rings is 1. The lowest BCUT2D eigenvalue weighted by Crippen LogP contribution is -2.22. The summed E-state index contributed by atoms with van der Waals surface area (Å²) in [6, 6.07) is 13.9. The molecule has 4 aromatic heterocycles. The van der Waals surface area contributed by atoms with Crippen molar-refractivity contribution in [3.05, 3.63) is 98.7 Å². The van der Waals surface area contributed by atoms with E-state index in [-0.39, 0.29) is 18.0 Å². The summed E-state index contributed by atoms with van der Waals surface area (Å²) in [6.45, 7) is 0.170. The minimum Gasteiger partial charge on any atom is -0.346 e. The van der Waals surface area contributed by atoms with E-state index in [1.165, 1.54) is 17.4 Å². The Kier molecular flexibility index (Phi) is 5.59. The van der Waals surface area contributed by atoms with Gasteiger partial charge in [0.2, 0.25) is 0 Å². The Morgan fingerprint density at radius 3 is 2.79 bits per heavy atom. The maximum Gasteiger partial charge on any atom is 0.261 e. The molecule has 0 aliphatic rings. The number of benzene rings is 1. The van der Waals surface area contributed by atoms with Gasteiger partial charge < -0.3 is 9.88 Å². The Bertz CT molecular complexity index is 1490. The van der Waals surface area contributed by atoms with Gasteiger partial charge in [0, 0.05) is 30.2 Å². The predicted octanol–water partition coefficient (Wildman–Crippen LogP) is 3.45. The van der Waals surface area contributed by atoms with Crippen LogP contribution in [0.15, 0.2) is 78.2 Å². The second kappa shape index (κ2) is 8.85. The first kappa shape index (κ1) is 20.9. The molecule has 2 N–H and O–H groups in total. The Balaban J connectivity index is 1.51. The largest absolute Gasteiger partial charge is 0.346 e. The fourth-order valence-electron chi connectivity index (χ4n) is 3.41. The molecule has 0 saturated heterocycles. The summed E-state index contributed by atoms with van der Waals surface area (Å²) in [7, 11) is 0. The van der Waals surface area contributed by atoms with Crippen molar-refractivity contribution < 1.29 is 4.79 Å². The highest BCUT2D eigenvalue weighted by molar-refractivity contribution is 7.17. The van der Waals surface area contributed by atoms with Gasteiger partial charge >= 0.3 is 0 Å². The summed E-state index contributed by atoms with van der Waals surface area (Å²) in [4.78, 5) is 29.4. The van der Waals surface area contributed by atoms with Gasteiger partial charge in [-0.2, -0.15) is 15.4 Å². The molecule has 9 nitrogen and oxygen atoms in total. The summed E-state index contributed by atoms with van der Waals surface area (Å²) in [5.74, 6) is -0.241.